The lowest BCUT2D eigenvalue weighted by Crippen LogP contribution is -2.73. The minimum atomic E-state index is -0.626. The second-order valence-corrected chi connectivity index (χ2v) is 11.3. The number of nitrogens with one attached hydrogen (secondary N) is 1. The van der Waals surface area contributed by atoms with E-state index >= 15 is 0 Å². The van der Waals surface area contributed by atoms with Crippen molar-refractivity contribution in [1.82, 2.24) is 30.1 Å². The summed E-state index contributed by atoms with van der Waals surface area (Å²) in [5.74, 6) is -0.0372. The fourth-order valence-electron chi connectivity index (χ4n) is 5.50. The number of hydrogen-bond acceptors (Lipinski definition) is 6. The van der Waals surface area contributed by atoms with Crippen LogP contribution < -0.4 is 5.32 Å². The van der Waals surface area contributed by atoms with Crippen LogP contribution in [0.2, 0.25) is 5.02 Å². The molecular weight excluding hydrogens is 604 g/mol. The van der Waals surface area contributed by atoms with Gasteiger partial charge in [-0.3, -0.25) is 14.6 Å². The molecule has 1 aromatic heterocycles. The van der Waals surface area contributed by atoms with Crippen LogP contribution in [0.4, 0.5) is 4.79 Å². The van der Waals surface area contributed by atoms with Crippen molar-refractivity contribution in [2.24, 2.45) is 0 Å². The number of rotatable bonds is 4. The number of pyridine rings is 1. The molecule has 0 saturated carbocycles. The van der Waals surface area contributed by atoms with E-state index in [0.29, 0.717) is 17.3 Å². The molecule has 46 heavy (non-hydrogen) atoms. The van der Waals surface area contributed by atoms with E-state index < -0.39 is 6.17 Å². The van der Waals surface area contributed by atoms with E-state index in [1.54, 1.807) is 41.4 Å². The van der Waals surface area contributed by atoms with Gasteiger partial charge in [0.2, 0.25) is 11.8 Å². The lowest BCUT2D eigenvalue weighted by atomic mass is 10.0. The third-order valence-electron chi connectivity index (χ3n) is 7.87. The second-order valence-electron chi connectivity index (χ2n) is 10.9. The Morgan fingerprint density at radius 1 is 0.978 bits per heavy atom. The number of carbonyl (C=O) groups is 3. The number of halogens is 1. The van der Waals surface area contributed by atoms with Crippen LogP contribution >= 0.6 is 11.6 Å². The summed E-state index contributed by atoms with van der Waals surface area (Å²) in [5.41, 5.74) is 3.71. The molecule has 3 heterocycles. The molecule has 2 aliphatic rings. The van der Waals surface area contributed by atoms with Crippen LogP contribution in [-0.2, 0) is 16.1 Å². The number of carbonyl (C=O) groups excluding carboxylic acids is 3. The van der Waals surface area contributed by atoms with Crippen molar-refractivity contribution < 1.29 is 19.5 Å². The number of likely N-dealkylation sites (N-methyl/N-ethyl adjacent to an activating group) is 1. The zero-order valence-corrected chi connectivity index (χ0v) is 27.6. The molecule has 4 aromatic rings. The molecule has 0 bridgehead atoms. The average Bonchev–Trinajstić information content (AvgIpc) is 3.07. The number of urea groups is 1. The Kier molecular flexibility index (Phi) is 11.6. The van der Waals surface area contributed by atoms with E-state index in [0.717, 1.165) is 22.0 Å². The standard InChI is InChI=1S/C26H27ClN6O3.C7H8O.C2H6/c1-17(19-10-11-21(27)20-9-6-12-28-25(19)20)31-14-22-32(16-24(31)35)23(34)15-30(2)33(22)26(36)29-13-18-7-4-3-5-8-18;1-6-2-4-7(8)5-3-6;1-2/h3-12,17,22H,13-16H2,1-2H3,(H,29,36);2-5,8H,1H3;1-2H3. The smallest absolute Gasteiger partial charge is 0.334 e. The lowest BCUT2D eigenvalue weighted by molar-refractivity contribution is -0.180. The van der Waals surface area contributed by atoms with E-state index in [1.807, 2.05) is 88.4 Å². The monoisotopic (exact) mass is 644 g/mol. The Labute approximate surface area is 275 Å². The first-order chi connectivity index (χ1) is 22.1. The average molecular weight is 645 g/mol. The third-order valence-corrected chi connectivity index (χ3v) is 8.20. The predicted octanol–water partition coefficient (Wildman–Crippen LogP) is 5.75. The second kappa shape index (κ2) is 15.6. The van der Waals surface area contributed by atoms with Gasteiger partial charge in [-0.2, -0.15) is 0 Å². The summed E-state index contributed by atoms with van der Waals surface area (Å²) in [4.78, 5) is 47.1. The highest BCUT2D eigenvalue weighted by Crippen LogP contribution is 2.33. The van der Waals surface area contributed by atoms with E-state index in [4.69, 9.17) is 16.7 Å². The minimum Gasteiger partial charge on any atom is -0.508 e. The zero-order valence-electron chi connectivity index (χ0n) is 26.9. The number of phenolic OH excluding ortho intramolecular Hbond substituents is 1. The molecule has 11 heteroatoms. The van der Waals surface area contributed by atoms with Gasteiger partial charge in [-0.1, -0.05) is 79.5 Å². The molecule has 6 rings (SSSR count). The van der Waals surface area contributed by atoms with Crippen molar-refractivity contribution in [2.75, 3.05) is 26.7 Å². The van der Waals surface area contributed by atoms with Crippen molar-refractivity contribution in [1.29, 1.82) is 0 Å². The molecule has 10 nitrogen and oxygen atoms in total. The molecule has 2 fully saturated rings. The molecule has 3 aromatic carbocycles. The van der Waals surface area contributed by atoms with Crippen molar-refractivity contribution in [3.8, 4) is 5.75 Å². The summed E-state index contributed by atoms with van der Waals surface area (Å²) in [7, 11) is 1.71. The van der Waals surface area contributed by atoms with E-state index in [1.165, 1.54) is 15.5 Å². The summed E-state index contributed by atoms with van der Waals surface area (Å²) in [6.45, 7) is 8.36. The largest absolute Gasteiger partial charge is 0.508 e. The highest BCUT2D eigenvalue weighted by molar-refractivity contribution is 6.35. The number of hydrazine groups is 1. The van der Waals surface area contributed by atoms with Gasteiger partial charge in [0, 0.05) is 35.8 Å². The maximum atomic E-state index is 13.3. The molecule has 0 spiro atoms. The first-order valence-corrected chi connectivity index (χ1v) is 15.7. The fraction of sp³-hybridized carbons (Fsp3) is 0.314. The molecular formula is C35H41ClN6O4. The summed E-state index contributed by atoms with van der Waals surface area (Å²) >= 11 is 6.38. The minimum absolute atomic E-state index is 0.0177. The third kappa shape index (κ3) is 7.75. The Bertz CT molecular complexity index is 1630. The van der Waals surface area contributed by atoms with Gasteiger partial charge < -0.3 is 20.2 Å². The number of aromatic nitrogens is 1. The number of aryl methyl sites for hydroxylation is 1. The summed E-state index contributed by atoms with van der Waals surface area (Å²) in [5, 5.41) is 16.2. The van der Waals surface area contributed by atoms with Crippen LogP contribution in [0.25, 0.3) is 10.9 Å². The lowest BCUT2D eigenvalue weighted by Gasteiger charge is -2.52. The zero-order chi connectivity index (χ0) is 33.4. The van der Waals surface area contributed by atoms with Gasteiger partial charge in [0.15, 0.2) is 0 Å². The highest BCUT2D eigenvalue weighted by atomic mass is 35.5. The molecule has 2 atom stereocenters. The van der Waals surface area contributed by atoms with Crippen LogP contribution in [0, 0.1) is 6.92 Å². The van der Waals surface area contributed by atoms with Gasteiger partial charge >= 0.3 is 6.03 Å². The van der Waals surface area contributed by atoms with Gasteiger partial charge in [-0.15, -0.1) is 0 Å². The topological polar surface area (TPSA) is 109 Å². The first kappa shape index (κ1) is 34.2. The van der Waals surface area contributed by atoms with Gasteiger partial charge in [-0.05, 0) is 49.7 Å². The number of amides is 4. The van der Waals surface area contributed by atoms with Crippen molar-refractivity contribution in [3.05, 3.63) is 107 Å². The van der Waals surface area contributed by atoms with Crippen LogP contribution in [0.5, 0.6) is 5.75 Å². The normalized spacial score (nSPS) is 16.9. The number of benzene rings is 3. The van der Waals surface area contributed by atoms with E-state index in [2.05, 4.69) is 10.3 Å². The van der Waals surface area contributed by atoms with Crippen LogP contribution in [0.15, 0.2) is 85.1 Å². The molecule has 2 aliphatic heterocycles. The SMILES string of the molecule is CC.CC(c1ccc(Cl)c2cccnc12)N1CC2N(CC1=O)C(=O)CN(C)N2C(=O)NCc1ccccc1.Cc1ccc(O)cc1. The molecule has 242 valence electrons. The molecule has 0 radical (unpaired) electrons. The quantitative estimate of drug-likeness (QED) is 0.293. The summed E-state index contributed by atoms with van der Waals surface area (Å²) in [6.07, 6.45) is 1.07. The Morgan fingerprint density at radius 3 is 2.35 bits per heavy atom. The Morgan fingerprint density at radius 2 is 1.67 bits per heavy atom. The summed E-state index contributed by atoms with van der Waals surface area (Å²) in [6, 6.07) is 23.4. The number of phenols is 1. The molecule has 2 saturated heterocycles. The maximum absolute atomic E-state index is 13.3. The van der Waals surface area contributed by atoms with E-state index in [-0.39, 0.29) is 43.5 Å². The van der Waals surface area contributed by atoms with Gasteiger partial charge in [0.05, 0.1) is 24.6 Å². The molecule has 2 unspecified atom stereocenters. The van der Waals surface area contributed by atoms with Crippen molar-refractivity contribution in [3.63, 3.8) is 0 Å². The van der Waals surface area contributed by atoms with Crippen molar-refractivity contribution >= 4 is 40.3 Å². The summed E-state index contributed by atoms with van der Waals surface area (Å²) < 4.78 is 0. The number of hydrogen-bond donors (Lipinski definition) is 2. The van der Waals surface area contributed by atoms with Gasteiger partial charge in [0.25, 0.3) is 0 Å². The fourth-order valence-corrected chi connectivity index (χ4v) is 5.72. The Hall–Kier alpha value is -4.67. The van der Waals surface area contributed by atoms with Gasteiger partial charge in [0.1, 0.15) is 18.5 Å². The van der Waals surface area contributed by atoms with Crippen LogP contribution in [0.3, 0.4) is 0 Å². The first-order valence-electron chi connectivity index (χ1n) is 15.3. The molecule has 4 amide bonds. The Balaban J connectivity index is 0.000000415. The van der Waals surface area contributed by atoms with Crippen LogP contribution in [-0.4, -0.2) is 80.6 Å². The van der Waals surface area contributed by atoms with Crippen molar-refractivity contribution in [2.45, 2.75) is 46.4 Å². The predicted molar refractivity (Wildman–Crippen MR) is 180 cm³/mol. The molecule has 0 aliphatic carbocycles. The maximum Gasteiger partial charge on any atom is 0.334 e. The van der Waals surface area contributed by atoms with E-state index in [9.17, 15) is 14.4 Å². The number of piperazine rings is 1. The van der Waals surface area contributed by atoms with Crippen LogP contribution in [0.1, 0.15) is 43.5 Å². The van der Waals surface area contributed by atoms with Gasteiger partial charge in [-0.25, -0.2) is 14.8 Å². The number of aromatic hydroxyl groups is 1. The number of nitrogens with zero attached hydrogens (tertiary/aromatic N) is 5. The molecule has 2 N–H and O–H groups in total. The highest BCUT2D eigenvalue weighted by Gasteiger charge is 2.46. The number of fused-ring (bicyclic) bond motifs is 2.